The molecule has 3 aromatic heterocycles. The molecule has 1 fully saturated rings. The molecule has 194 valence electrons. The van der Waals surface area contributed by atoms with Gasteiger partial charge >= 0.3 is 0 Å². The fourth-order valence-electron chi connectivity index (χ4n) is 5.05. The number of morpholine rings is 1. The molecule has 0 aliphatic carbocycles. The van der Waals surface area contributed by atoms with Crippen molar-refractivity contribution in [2.45, 2.75) is 12.6 Å². The molecule has 0 radical (unpaired) electrons. The summed E-state index contributed by atoms with van der Waals surface area (Å²) in [5.41, 5.74) is 11.9. The lowest BCUT2D eigenvalue weighted by atomic mass is 10.0. The first kappa shape index (κ1) is 24.1. The Morgan fingerprint density at radius 2 is 2.00 bits per heavy atom. The molecule has 4 heterocycles. The van der Waals surface area contributed by atoms with Crippen LogP contribution < -0.4 is 5.73 Å². The minimum Gasteiger partial charge on any atom is -0.382 e. The Hall–Kier alpha value is -4.28. The lowest BCUT2D eigenvalue weighted by Gasteiger charge is -2.33. The van der Waals surface area contributed by atoms with Crippen LogP contribution in [0.25, 0.3) is 27.5 Å². The van der Waals surface area contributed by atoms with Crippen LogP contribution in [0.15, 0.2) is 67.1 Å². The van der Waals surface area contributed by atoms with Gasteiger partial charge in [0, 0.05) is 23.7 Å². The molecule has 6 rings (SSSR count). The van der Waals surface area contributed by atoms with Crippen molar-refractivity contribution in [3.63, 3.8) is 0 Å². The number of hydrogen-bond acceptors (Lipinski definition) is 7. The van der Waals surface area contributed by atoms with Crippen LogP contribution in [-0.4, -0.2) is 80.4 Å². The third-order valence-corrected chi connectivity index (χ3v) is 6.86. The molecule has 1 aliphatic heterocycles. The van der Waals surface area contributed by atoms with E-state index in [4.69, 9.17) is 15.6 Å². The second kappa shape index (κ2) is 9.88. The van der Waals surface area contributed by atoms with Crippen molar-refractivity contribution in [1.29, 1.82) is 0 Å². The van der Waals surface area contributed by atoms with Crippen molar-refractivity contribution in [2.75, 3.05) is 46.1 Å². The second-order valence-corrected chi connectivity index (χ2v) is 9.91. The van der Waals surface area contributed by atoms with Gasteiger partial charge in [0.05, 0.1) is 37.5 Å². The van der Waals surface area contributed by atoms with Gasteiger partial charge in [0.25, 0.3) is 0 Å². The van der Waals surface area contributed by atoms with E-state index >= 15 is 0 Å². The lowest BCUT2D eigenvalue weighted by Crippen LogP contribution is -2.45. The number of aromatic nitrogens is 5. The fourth-order valence-corrected chi connectivity index (χ4v) is 5.05. The highest BCUT2D eigenvalue weighted by molar-refractivity contribution is 5.92. The zero-order valence-corrected chi connectivity index (χ0v) is 21.5. The monoisotopic (exact) mass is 510 g/mol. The van der Waals surface area contributed by atoms with Crippen LogP contribution >= 0.6 is 0 Å². The van der Waals surface area contributed by atoms with E-state index in [-0.39, 0.29) is 12.0 Å². The van der Waals surface area contributed by atoms with Gasteiger partial charge in [-0.3, -0.25) is 9.48 Å². The Labute approximate surface area is 220 Å². The lowest BCUT2D eigenvalue weighted by molar-refractivity contribution is -0.139. The smallest absolute Gasteiger partial charge is 0.236 e. The number of nitrogen functional groups attached to an aromatic ring is 1. The molecule has 1 atom stereocenters. The number of rotatable bonds is 6. The Bertz CT molecular complexity index is 1610. The standard InChI is InChI=1S/C28H30N8O2/c1-33(2)17-26(37)34-10-11-38-25(16-34)24-13-22(27-28(29)30-18-31-36(24)27)20-8-9-21-15-35(32-23(21)12-20)14-19-6-4-3-5-7-19/h3-9,12-13,15,18,25H,10-11,14,16-17H2,1-2H3,(H2,29,30,31). The van der Waals surface area contributed by atoms with Crippen molar-refractivity contribution in [3.05, 3.63) is 78.4 Å². The number of benzene rings is 2. The molecule has 5 aromatic rings. The fraction of sp³-hybridized carbons (Fsp3) is 0.286. The molecule has 38 heavy (non-hydrogen) atoms. The summed E-state index contributed by atoms with van der Waals surface area (Å²) >= 11 is 0. The van der Waals surface area contributed by atoms with Gasteiger partial charge < -0.3 is 20.3 Å². The van der Waals surface area contributed by atoms with Crippen LogP contribution in [-0.2, 0) is 16.1 Å². The zero-order valence-electron chi connectivity index (χ0n) is 21.5. The van der Waals surface area contributed by atoms with Gasteiger partial charge in [-0.05, 0) is 37.4 Å². The average Bonchev–Trinajstić information content (AvgIpc) is 3.50. The zero-order chi connectivity index (χ0) is 26.2. The molecule has 10 nitrogen and oxygen atoms in total. The van der Waals surface area contributed by atoms with Gasteiger partial charge in [-0.25, -0.2) is 9.50 Å². The van der Waals surface area contributed by atoms with E-state index in [1.54, 1.807) is 4.52 Å². The SMILES string of the molecule is CN(C)CC(=O)N1CCOC(c2cc(-c3ccc4cn(Cc5ccccc5)nc4c3)c3c(N)ncnn23)C1. The molecule has 1 unspecified atom stereocenters. The van der Waals surface area contributed by atoms with Gasteiger partial charge in [0.1, 0.15) is 17.9 Å². The van der Waals surface area contributed by atoms with Crippen LogP contribution in [0.2, 0.25) is 0 Å². The molecule has 0 spiro atoms. The molecule has 10 heteroatoms. The summed E-state index contributed by atoms with van der Waals surface area (Å²) in [5, 5.41) is 10.4. The molecule has 1 amide bonds. The Kier molecular flexibility index (Phi) is 6.26. The first-order chi connectivity index (χ1) is 18.5. The summed E-state index contributed by atoms with van der Waals surface area (Å²) in [6.07, 6.45) is 3.17. The maximum atomic E-state index is 12.7. The Balaban J connectivity index is 1.36. The highest BCUT2D eigenvalue weighted by Gasteiger charge is 2.29. The third kappa shape index (κ3) is 4.59. The summed E-state index contributed by atoms with van der Waals surface area (Å²) in [6, 6.07) is 18.5. The van der Waals surface area contributed by atoms with Crippen molar-refractivity contribution in [3.8, 4) is 11.1 Å². The Morgan fingerprint density at radius 1 is 1.16 bits per heavy atom. The highest BCUT2D eigenvalue weighted by atomic mass is 16.5. The molecule has 2 aromatic carbocycles. The normalized spacial score (nSPS) is 16.1. The number of ether oxygens (including phenoxy) is 1. The number of nitrogens with zero attached hydrogens (tertiary/aromatic N) is 7. The summed E-state index contributed by atoms with van der Waals surface area (Å²) in [7, 11) is 3.79. The van der Waals surface area contributed by atoms with E-state index < -0.39 is 0 Å². The van der Waals surface area contributed by atoms with Gasteiger partial charge in [0.2, 0.25) is 5.91 Å². The maximum absolute atomic E-state index is 12.7. The summed E-state index contributed by atoms with van der Waals surface area (Å²) in [5.74, 6) is 0.461. The van der Waals surface area contributed by atoms with Crippen molar-refractivity contribution >= 4 is 28.1 Å². The first-order valence-electron chi connectivity index (χ1n) is 12.6. The quantitative estimate of drug-likeness (QED) is 0.374. The molecule has 1 aliphatic rings. The number of anilines is 1. The summed E-state index contributed by atoms with van der Waals surface area (Å²) < 4.78 is 9.88. The number of hydrogen-bond donors (Lipinski definition) is 1. The second-order valence-electron chi connectivity index (χ2n) is 9.91. The van der Waals surface area contributed by atoms with E-state index in [0.29, 0.717) is 44.1 Å². The minimum atomic E-state index is -0.334. The molecule has 0 saturated carbocycles. The molecule has 2 N–H and O–H groups in total. The number of amides is 1. The van der Waals surface area contributed by atoms with Crippen LogP contribution in [0, 0.1) is 0 Å². The van der Waals surface area contributed by atoms with Crippen LogP contribution in [0.5, 0.6) is 0 Å². The highest BCUT2D eigenvalue weighted by Crippen LogP contribution is 2.35. The van der Waals surface area contributed by atoms with Gasteiger partial charge in [-0.15, -0.1) is 0 Å². The van der Waals surface area contributed by atoms with E-state index in [0.717, 1.165) is 27.7 Å². The number of fused-ring (bicyclic) bond motifs is 2. The topological polar surface area (TPSA) is 107 Å². The number of carbonyl (C=O) groups excluding carboxylic acids is 1. The molecule has 0 bridgehead atoms. The van der Waals surface area contributed by atoms with Gasteiger partial charge in [-0.2, -0.15) is 10.2 Å². The van der Waals surface area contributed by atoms with Crippen molar-refractivity contribution < 1.29 is 9.53 Å². The summed E-state index contributed by atoms with van der Waals surface area (Å²) in [6.45, 7) is 2.54. The van der Waals surface area contributed by atoms with Crippen molar-refractivity contribution in [1.82, 2.24) is 34.2 Å². The van der Waals surface area contributed by atoms with E-state index in [2.05, 4.69) is 46.6 Å². The minimum absolute atomic E-state index is 0.0788. The maximum Gasteiger partial charge on any atom is 0.236 e. The van der Waals surface area contributed by atoms with Crippen LogP contribution in [0.3, 0.4) is 0 Å². The molecular formula is C28H30N8O2. The van der Waals surface area contributed by atoms with Gasteiger partial charge in [0.15, 0.2) is 5.82 Å². The first-order valence-corrected chi connectivity index (χ1v) is 12.6. The summed E-state index contributed by atoms with van der Waals surface area (Å²) in [4.78, 5) is 20.7. The number of carbonyl (C=O) groups is 1. The number of nitrogens with two attached hydrogens (primary N) is 1. The molecule has 1 saturated heterocycles. The largest absolute Gasteiger partial charge is 0.382 e. The average molecular weight is 511 g/mol. The van der Waals surface area contributed by atoms with Crippen LogP contribution in [0.4, 0.5) is 5.82 Å². The Morgan fingerprint density at radius 3 is 2.82 bits per heavy atom. The third-order valence-electron chi connectivity index (χ3n) is 6.86. The molecular weight excluding hydrogens is 480 g/mol. The van der Waals surface area contributed by atoms with Crippen LogP contribution in [0.1, 0.15) is 17.4 Å². The van der Waals surface area contributed by atoms with Gasteiger partial charge in [-0.1, -0.05) is 42.5 Å². The predicted octanol–water partition coefficient (Wildman–Crippen LogP) is 2.84. The van der Waals surface area contributed by atoms with E-state index in [1.807, 2.05) is 52.8 Å². The number of likely N-dealkylation sites (N-methyl/N-ethyl adjacent to an activating group) is 1. The van der Waals surface area contributed by atoms with Crippen molar-refractivity contribution in [2.24, 2.45) is 0 Å². The van der Waals surface area contributed by atoms with E-state index in [1.165, 1.54) is 11.9 Å². The predicted molar refractivity (Wildman–Crippen MR) is 145 cm³/mol. The van der Waals surface area contributed by atoms with E-state index in [9.17, 15) is 4.79 Å².